The molecule has 0 radical (unpaired) electrons. The molecule has 0 N–H and O–H groups in total. The van der Waals surface area contributed by atoms with E-state index in [1.54, 1.807) is 6.33 Å². The lowest BCUT2D eigenvalue weighted by atomic mass is 9.83. The number of nitrogens with zero attached hydrogens (tertiary/aromatic N) is 3. The molecule has 14 heavy (non-hydrogen) atoms. The predicted molar refractivity (Wildman–Crippen MR) is 56.3 cm³/mol. The van der Waals surface area contributed by atoms with Gasteiger partial charge in [-0.1, -0.05) is 26.8 Å². The average molecular weight is 189 g/mol. The van der Waals surface area contributed by atoms with Gasteiger partial charge in [0.2, 0.25) is 0 Å². The Morgan fingerprint density at radius 1 is 1.43 bits per heavy atom. The topological polar surface area (TPSA) is 30.2 Å². The van der Waals surface area contributed by atoms with E-state index in [-0.39, 0.29) is 5.41 Å². The summed E-state index contributed by atoms with van der Waals surface area (Å²) in [4.78, 5) is 0. The van der Waals surface area contributed by atoms with Crippen molar-refractivity contribution in [1.82, 2.24) is 14.6 Å². The van der Waals surface area contributed by atoms with Gasteiger partial charge in [0.1, 0.15) is 6.33 Å². The van der Waals surface area contributed by atoms with Crippen LogP contribution in [-0.2, 0) is 5.41 Å². The molecule has 0 atom stereocenters. The molecule has 74 valence electrons. The Morgan fingerprint density at radius 3 is 2.93 bits per heavy atom. The van der Waals surface area contributed by atoms with Crippen LogP contribution in [0.25, 0.3) is 5.65 Å². The summed E-state index contributed by atoms with van der Waals surface area (Å²) in [5, 5.41) is 8.07. The lowest BCUT2D eigenvalue weighted by Crippen LogP contribution is -2.16. The van der Waals surface area contributed by atoms with Crippen LogP contribution in [0.15, 0.2) is 24.7 Å². The minimum absolute atomic E-state index is 0.162. The molecule has 2 heterocycles. The molecule has 0 unspecified atom stereocenters. The van der Waals surface area contributed by atoms with E-state index >= 15 is 0 Å². The Balaban J connectivity index is 2.67. The summed E-state index contributed by atoms with van der Waals surface area (Å²) in [7, 11) is 0. The van der Waals surface area contributed by atoms with Gasteiger partial charge in [0, 0.05) is 11.8 Å². The van der Waals surface area contributed by atoms with E-state index in [9.17, 15) is 0 Å². The minimum atomic E-state index is 0.162. The van der Waals surface area contributed by atoms with Crippen molar-refractivity contribution in [3.8, 4) is 0 Å². The average Bonchev–Trinajstić information content (AvgIpc) is 2.64. The highest BCUT2D eigenvalue weighted by molar-refractivity contribution is 5.50. The van der Waals surface area contributed by atoms with E-state index in [2.05, 4.69) is 37.0 Å². The van der Waals surface area contributed by atoms with Gasteiger partial charge in [-0.3, -0.25) is 4.40 Å². The number of hydrogen-bond donors (Lipinski definition) is 0. The van der Waals surface area contributed by atoms with Crippen molar-refractivity contribution in [3.05, 3.63) is 30.2 Å². The summed E-state index contributed by atoms with van der Waals surface area (Å²) in [6, 6.07) is 4.18. The lowest BCUT2D eigenvalue weighted by Gasteiger charge is -2.23. The van der Waals surface area contributed by atoms with E-state index in [1.165, 1.54) is 5.56 Å². The Labute approximate surface area is 83.8 Å². The zero-order chi connectivity index (χ0) is 10.2. The molecule has 0 bridgehead atoms. The summed E-state index contributed by atoms with van der Waals surface area (Å²) in [5.74, 6) is 0. The van der Waals surface area contributed by atoms with Crippen LogP contribution < -0.4 is 0 Å². The normalized spacial score (nSPS) is 12.2. The first-order valence-electron chi connectivity index (χ1n) is 4.94. The van der Waals surface area contributed by atoms with Gasteiger partial charge < -0.3 is 0 Å². The molecular weight excluding hydrogens is 174 g/mol. The van der Waals surface area contributed by atoms with Crippen LogP contribution in [0.1, 0.15) is 32.8 Å². The molecular formula is C11H15N3. The van der Waals surface area contributed by atoms with Gasteiger partial charge in [-0.15, -0.1) is 10.2 Å². The summed E-state index contributed by atoms with van der Waals surface area (Å²) in [5.41, 5.74) is 2.40. The smallest absolute Gasteiger partial charge is 0.164 e. The van der Waals surface area contributed by atoms with Crippen LogP contribution >= 0.6 is 0 Å². The van der Waals surface area contributed by atoms with Crippen LogP contribution in [0, 0.1) is 0 Å². The van der Waals surface area contributed by atoms with Gasteiger partial charge >= 0.3 is 0 Å². The van der Waals surface area contributed by atoms with Gasteiger partial charge in [0.05, 0.1) is 0 Å². The fourth-order valence-corrected chi connectivity index (χ4v) is 1.57. The Hall–Kier alpha value is -1.38. The molecule has 0 aliphatic heterocycles. The maximum atomic E-state index is 4.15. The Bertz CT molecular complexity index is 442. The molecule has 0 fully saturated rings. The summed E-state index contributed by atoms with van der Waals surface area (Å²) < 4.78 is 1.97. The molecule has 0 spiro atoms. The van der Waals surface area contributed by atoms with E-state index in [1.807, 2.05) is 16.7 Å². The standard InChI is InChI=1S/C11H15N3/c1-4-11(2,3)9-6-5-7-14-8-12-13-10(9)14/h5-8H,4H2,1-3H3. The van der Waals surface area contributed by atoms with Crippen molar-refractivity contribution in [2.24, 2.45) is 0 Å². The number of fused-ring (bicyclic) bond motifs is 1. The Morgan fingerprint density at radius 2 is 2.21 bits per heavy atom. The predicted octanol–water partition coefficient (Wildman–Crippen LogP) is 2.42. The van der Waals surface area contributed by atoms with Gasteiger partial charge in [-0.05, 0) is 17.9 Å². The highest BCUT2D eigenvalue weighted by atomic mass is 15.2. The first-order chi connectivity index (χ1) is 6.65. The molecule has 2 aromatic heterocycles. The molecule has 0 aromatic carbocycles. The SMILES string of the molecule is CCC(C)(C)c1cccn2cnnc12. The highest BCUT2D eigenvalue weighted by Gasteiger charge is 2.21. The van der Waals surface area contributed by atoms with Gasteiger partial charge in [0.15, 0.2) is 5.65 Å². The quantitative estimate of drug-likeness (QED) is 0.726. The van der Waals surface area contributed by atoms with Crippen molar-refractivity contribution < 1.29 is 0 Å². The van der Waals surface area contributed by atoms with Crippen molar-refractivity contribution in [2.45, 2.75) is 32.6 Å². The monoisotopic (exact) mass is 189 g/mol. The maximum Gasteiger partial charge on any atom is 0.164 e. The second kappa shape index (κ2) is 3.08. The number of aromatic nitrogens is 3. The molecule has 0 saturated carbocycles. The first-order valence-corrected chi connectivity index (χ1v) is 4.94. The molecule has 0 saturated heterocycles. The van der Waals surface area contributed by atoms with Gasteiger partial charge in [0.25, 0.3) is 0 Å². The van der Waals surface area contributed by atoms with Crippen molar-refractivity contribution >= 4 is 5.65 Å². The second-order valence-electron chi connectivity index (χ2n) is 4.22. The second-order valence-corrected chi connectivity index (χ2v) is 4.22. The third-order valence-electron chi connectivity index (χ3n) is 2.94. The zero-order valence-electron chi connectivity index (χ0n) is 8.86. The summed E-state index contributed by atoms with van der Waals surface area (Å²) in [6.45, 7) is 6.66. The number of rotatable bonds is 2. The molecule has 0 aliphatic rings. The van der Waals surface area contributed by atoms with Crippen LogP contribution in [-0.4, -0.2) is 14.6 Å². The largest absolute Gasteiger partial charge is 0.289 e. The highest BCUT2D eigenvalue weighted by Crippen LogP contribution is 2.28. The van der Waals surface area contributed by atoms with E-state index in [0.717, 1.165) is 12.1 Å². The van der Waals surface area contributed by atoms with E-state index in [0.29, 0.717) is 0 Å². The van der Waals surface area contributed by atoms with E-state index in [4.69, 9.17) is 0 Å². The Kier molecular flexibility index (Phi) is 2.02. The van der Waals surface area contributed by atoms with Gasteiger partial charge in [-0.25, -0.2) is 0 Å². The molecule has 2 rings (SSSR count). The molecule has 3 nitrogen and oxygen atoms in total. The van der Waals surface area contributed by atoms with Crippen LogP contribution in [0.2, 0.25) is 0 Å². The molecule has 2 aromatic rings. The summed E-state index contributed by atoms with van der Waals surface area (Å²) in [6.07, 6.45) is 4.81. The third kappa shape index (κ3) is 1.29. The van der Waals surface area contributed by atoms with Crippen molar-refractivity contribution in [1.29, 1.82) is 0 Å². The van der Waals surface area contributed by atoms with Crippen LogP contribution in [0.3, 0.4) is 0 Å². The van der Waals surface area contributed by atoms with Crippen LogP contribution in [0.5, 0.6) is 0 Å². The number of pyridine rings is 1. The van der Waals surface area contributed by atoms with Crippen LogP contribution in [0.4, 0.5) is 0 Å². The number of hydrogen-bond acceptors (Lipinski definition) is 2. The molecule has 0 amide bonds. The van der Waals surface area contributed by atoms with Gasteiger partial charge in [-0.2, -0.15) is 0 Å². The lowest BCUT2D eigenvalue weighted by molar-refractivity contribution is 0.507. The van der Waals surface area contributed by atoms with Crippen molar-refractivity contribution in [3.63, 3.8) is 0 Å². The fourth-order valence-electron chi connectivity index (χ4n) is 1.57. The molecule has 0 aliphatic carbocycles. The zero-order valence-corrected chi connectivity index (χ0v) is 8.86. The fraction of sp³-hybridized carbons (Fsp3) is 0.455. The minimum Gasteiger partial charge on any atom is -0.289 e. The van der Waals surface area contributed by atoms with E-state index < -0.39 is 0 Å². The van der Waals surface area contributed by atoms with Crippen molar-refractivity contribution in [2.75, 3.05) is 0 Å². The first kappa shape index (κ1) is 9.19. The molecule has 3 heteroatoms. The summed E-state index contributed by atoms with van der Waals surface area (Å²) >= 11 is 0. The maximum absolute atomic E-state index is 4.15. The third-order valence-corrected chi connectivity index (χ3v) is 2.94.